The van der Waals surface area contributed by atoms with Crippen LogP contribution in [0.5, 0.6) is 0 Å². The number of nitrogens with zero attached hydrogens (tertiary/aromatic N) is 3. The Bertz CT molecular complexity index is 808. The number of imidazole rings is 1. The van der Waals surface area contributed by atoms with E-state index in [2.05, 4.69) is 52.1 Å². The number of likely N-dealkylation sites (tertiary alicyclic amines) is 1. The molecule has 4 rings (SSSR count). The molecule has 3 heterocycles. The second kappa shape index (κ2) is 8.52. The van der Waals surface area contributed by atoms with E-state index in [1.807, 2.05) is 0 Å². The van der Waals surface area contributed by atoms with Crippen molar-refractivity contribution in [2.24, 2.45) is 5.92 Å². The van der Waals surface area contributed by atoms with Gasteiger partial charge in [0, 0.05) is 38.1 Å². The molecular weight excluding hydrogens is 350 g/mol. The van der Waals surface area contributed by atoms with Crippen LogP contribution in [0, 0.1) is 12.8 Å². The van der Waals surface area contributed by atoms with Crippen molar-refractivity contribution in [3.05, 3.63) is 23.8 Å². The van der Waals surface area contributed by atoms with E-state index in [1.165, 1.54) is 31.4 Å². The molecule has 2 saturated heterocycles. The summed E-state index contributed by atoms with van der Waals surface area (Å²) in [4.78, 5) is 25.5. The number of amides is 1. The van der Waals surface area contributed by atoms with Gasteiger partial charge >= 0.3 is 0 Å². The summed E-state index contributed by atoms with van der Waals surface area (Å²) in [5.74, 6) is 1.28. The molecule has 2 fully saturated rings. The van der Waals surface area contributed by atoms with E-state index in [4.69, 9.17) is 4.98 Å². The van der Waals surface area contributed by atoms with Gasteiger partial charge < -0.3 is 15.2 Å². The molecule has 0 radical (unpaired) electrons. The van der Waals surface area contributed by atoms with Crippen molar-refractivity contribution in [2.75, 3.05) is 37.6 Å². The van der Waals surface area contributed by atoms with Gasteiger partial charge in [0.2, 0.25) is 11.9 Å². The molecule has 152 valence electrons. The molecule has 28 heavy (non-hydrogen) atoms. The highest BCUT2D eigenvalue weighted by molar-refractivity contribution is 5.80. The first-order valence-corrected chi connectivity index (χ1v) is 10.8. The summed E-state index contributed by atoms with van der Waals surface area (Å²) in [5, 5.41) is 3.18. The SMILES string of the molecule is Cc1ccc2nc(N3CCC(C(=O)NCCN4CCCC[C@@H]4C)CC3)[nH]c2c1. The monoisotopic (exact) mass is 383 g/mol. The lowest BCUT2D eigenvalue weighted by molar-refractivity contribution is -0.125. The first-order valence-electron chi connectivity index (χ1n) is 10.8. The molecule has 0 unspecified atom stereocenters. The minimum atomic E-state index is 0.127. The van der Waals surface area contributed by atoms with Crippen molar-refractivity contribution in [1.82, 2.24) is 20.2 Å². The molecule has 0 aliphatic carbocycles. The number of benzene rings is 1. The lowest BCUT2D eigenvalue weighted by atomic mass is 9.96. The zero-order valence-electron chi connectivity index (χ0n) is 17.2. The Morgan fingerprint density at radius 3 is 2.82 bits per heavy atom. The van der Waals surface area contributed by atoms with Gasteiger partial charge in [0.1, 0.15) is 0 Å². The smallest absolute Gasteiger partial charge is 0.223 e. The van der Waals surface area contributed by atoms with E-state index in [0.717, 1.165) is 56.0 Å². The highest BCUT2D eigenvalue weighted by atomic mass is 16.1. The van der Waals surface area contributed by atoms with E-state index in [9.17, 15) is 4.79 Å². The molecule has 6 nitrogen and oxygen atoms in total. The molecule has 2 aliphatic heterocycles. The second-order valence-corrected chi connectivity index (χ2v) is 8.51. The van der Waals surface area contributed by atoms with Crippen LogP contribution in [0.4, 0.5) is 5.95 Å². The van der Waals surface area contributed by atoms with Crippen LogP contribution in [0.15, 0.2) is 18.2 Å². The number of anilines is 1. The number of aryl methyl sites for hydroxylation is 1. The average molecular weight is 384 g/mol. The highest BCUT2D eigenvalue weighted by Crippen LogP contribution is 2.24. The Morgan fingerprint density at radius 1 is 1.21 bits per heavy atom. The summed E-state index contributed by atoms with van der Waals surface area (Å²) in [6, 6.07) is 6.94. The van der Waals surface area contributed by atoms with Gasteiger partial charge in [-0.1, -0.05) is 12.5 Å². The zero-order chi connectivity index (χ0) is 19.5. The quantitative estimate of drug-likeness (QED) is 0.833. The Morgan fingerprint density at radius 2 is 2.04 bits per heavy atom. The van der Waals surface area contributed by atoms with Gasteiger partial charge in [-0.15, -0.1) is 0 Å². The van der Waals surface area contributed by atoms with Crippen LogP contribution in [0.2, 0.25) is 0 Å². The molecule has 2 aromatic rings. The number of fused-ring (bicyclic) bond motifs is 1. The van der Waals surface area contributed by atoms with Crippen LogP contribution in [-0.2, 0) is 4.79 Å². The third-order valence-corrected chi connectivity index (χ3v) is 6.43. The van der Waals surface area contributed by atoms with E-state index in [0.29, 0.717) is 6.04 Å². The van der Waals surface area contributed by atoms with Crippen LogP contribution in [0.3, 0.4) is 0 Å². The molecule has 6 heteroatoms. The number of piperidine rings is 2. The highest BCUT2D eigenvalue weighted by Gasteiger charge is 2.26. The number of rotatable bonds is 5. The van der Waals surface area contributed by atoms with Crippen molar-refractivity contribution in [2.45, 2.75) is 52.0 Å². The van der Waals surface area contributed by atoms with Gasteiger partial charge in [0.15, 0.2) is 0 Å². The summed E-state index contributed by atoms with van der Waals surface area (Å²) in [7, 11) is 0. The van der Waals surface area contributed by atoms with Gasteiger partial charge in [-0.25, -0.2) is 4.98 Å². The maximum absolute atomic E-state index is 12.6. The van der Waals surface area contributed by atoms with Crippen molar-refractivity contribution < 1.29 is 4.79 Å². The van der Waals surface area contributed by atoms with Gasteiger partial charge in [-0.2, -0.15) is 0 Å². The van der Waals surface area contributed by atoms with E-state index in [1.54, 1.807) is 0 Å². The number of carbonyl (C=O) groups is 1. The van der Waals surface area contributed by atoms with Crippen molar-refractivity contribution >= 4 is 22.9 Å². The van der Waals surface area contributed by atoms with Crippen LogP contribution >= 0.6 is 0 Å². The fourth-order valence-corrected chi connectivity index (χ4v) is 4.57. The maximum atomic E-state index is 12.6. The fourth-order valence-electron chi connectivity index (χ4n) is 4.57. The largest absolute Gasteiger partial charge is 0.355 e. The lowest BCUT2D eigenvalue weighted by Gasteiger charge is -2.34. The number of aromatic nitrogens is 2. The van der Waals surface area contributed by atoms with Gasteiger partial charge in [0.25, 0.3) is 0 Å². The van der Waals surface area contributed by atoms with Crippen molar-refractivity contribution in [1.29, 1.82) is 0 Å². The van der Waals surface area contributed by atoms with E-state index >= 15 is 0 Å². The standard InChI is InChI=1S/C22H33N5O/c1-16-6-7-19-20(15-16)25-22(24-19)27-12-8-18(9-13-27)21(28)23-10-14-26-11-4-3-5-17(26)2/h6-7,15,17-18H,3-5,8-14H2,1-2H3,(H,23,28)(H,24,25)/t17-/m0/s1. The molecule has 1 atom stereocenters. The lowest BCUT2D eigenvalue weighted by Crippen LogP contribution is -2.45. The molecule has 0 bridgehead atoms. The fraction of sp³-hybridized carbons (Fsp3) is 0.636. The molecule has 0 saturated carbocycles. The Hall–Kier alpha value is -2.08. The van der Waals surface area contributed by atoms with E-state index < -0.39 is 0 Å². The van der Waals surface area contributed by atoms with Crippen molar-refractivity contribution in [3.8, 4) is 0 Å². The zero-order valence-corrected chi connectivity index (χ0v) is 17.2. The van der Waals surface area contributed by atoms with Gasteiger partial charge in [-0.3, -0.25) is 9.69 Å². The molecule has 1 amide bonds. The first kappa shape index (κ1) is 19.2. The predicted octanol–water partition coefficient (Wildman–Crippen LogP) is 3.08. The molecule has 0 spiro atoms. The molecule has 2 N–H and O–H groups in total. The van der Waals surface area contributed by atoms with Crippen LogP contribution in [-0.4, -0.2) is 59.5 Å². The summed E-state index contributed by atoms with van der Waals surface area (Å²) >= 11 is 0. The van der Waals surface area contributed by atoms with Crippen LogP contribution in [0.25, 0.3) is 11.0 Å². The number of H-pyrrole nitrogens is 1. The Kier molecular flexibility index (Phi) is 5.85. The number of nitrogens with one attached hydrogen (secondary N) is 2. The topological polar surface area (TPSA) is 64.3 Å². The van der Waals surface area contributed by atoms with Crippen LogP contribution in [0.1, 0.15) is 44.6 Å². The molecular formula is C22H33N5O. The number of aromatic amines is 1. The predicted molar refractivity (Wildman–Crippen MR) is 114 cm³/mol. The molecule has 1 aromatic heterocycles. The Balaban J connectivity index is 1.24. The normalized spacial score (nSPS) is 21.9. The third kappa shape index (κ3) is 4.32. The molecule has 2 aliphatic rings. The number of hydrogen-bond acceptors (Lipinski definition) is 4. The first-order chi connectivity index (χ1) is 13.6. The average Bonchev–Trinajstić information content (AvgIpc) is 3.12. The van der Waals surface area contributed by atoms with Crippen LogP contribution < -0.4 is 10.2 Å². The summed E-state index contributed by atoms with van der Waals surface area (Å²) < 4.78 is 0. The maximum Gasteiger partial charge on any atom is 0.223 e. The van der Waals surface area contributed by atoms with Crippen molar-refractivity contribution in [3.63, 3.8) is 0 Å². The Labute approximate surface area is 167 Å². The minimum absolute atomic E-state index is 0.127. The van der Waals surface area contributed by atoms with Gasteiger partial charge in [-0.05, 0) is 63.8 Å². The van der Waals surface area contributed by atoms with E-state index in [-0.39, 0.29) is 11.8 Å². The number of hydrogen-bond donors (Lipinski definition) is 2. The number of carbonyl (C=O) groups excluding carboxylic acids is 1. The summed E-state index contributed by atoms with van der Waals surface area (Å²) in [5.41, 5.74) is 3.33. The summed E-state index contributed by atoms with van der Waals surface area (Å²) in [6.45, 7) is 9.06. The molecule has 1 aromatic carbocycles. The second-order valence-electron chi connectivity index (χ2n) is 8.51. The van der Waals surface area contributed by atoms with Gasteiger partial charge in [0.05, 0.1) is 11.0 Å². The third-order valence-electron chi connectivity index (χ3n) is 6.43. The minimum Gasteiger partial charge on any atom is -0.355 e. The summed E-state index contributed by atoms with van der Waals surface area (Å²) in [6.07, 6.45) is 5.70.